The van der Waals surface area contributed by atoms with Crippen LogP contribution in [-0.2, 0) is 6.42 Å². The number of carbonyl (C=O) groups is 1. The van der Waals surface area contributed by atoms with E-state index in [1.54, 1.807) is 13.1 Å². The van der Waals surface area contributed by atoms with Crippen molar-refractivity contribution in [3.05, 3.63) is 71.5 Å². The third kappa shape index (κ3) is 4.23. The van der Waals surface area contributed by atoms with Gasteiger partial charge in [0.05, 0.1) is 5.75 Å². The molecule has 2 heterocycles. The second kappa shape index (κ2) is 8.71. The standard InChI is InChI=1S/C22H20FN3O3S/c1-3-14-5-4-6-17-18(11-24-20(14)17)19(27)12-30-22-26-25-21(29-22)13(2)28-16-9-7-15(23)8-10-16/h4-11,13,24H,3,12H2,1-2H3/t13-/m1/s1. The third-order valence-electron chi connectivity index (χ3n) is 4.71. The van der Waals surface area contributed by atoms with Crippen molar-refractivity contribution >= 4 is 28.4 Å². The normalized spacial score (nSPS) is 12.2. The predicted molar refractivity (Wildman–Crippen MR) is 112 cm³/mol. The highest BCUT2D eigenvalue weighted by molar-refractivity contribution is 7.99. The van der Waals surface area contributed by atoms with E-state index in [1.807, 2.05) is 12.1 Å². The van der Waals surface area contributed by atoms with E-state index in [2.05, 4.69) is 28.2 Å². The minimum atomic E-state index is -0.505. The van der Waals surface area contributed by atoms with Crippen molar-refractivity contribution in [2.45, 2.75) is 31.6 Å². The summed E-state index contributed by atoms with van der Waals surface area (Å²) in [4.78, 5) is 15.9. The number of para-hydroxylation sites is 1. The van der Waals surface area contributed by atoms with Gasteiger partial charge in [-0.05, 0) is 43.2 Å². The molecule has 8 heteroatoms. The van der Waals surface area contributed by atoms with E-state index < -0.39 is 6.10 Å². The summed E-state index contributed by atoms with van der Waals surface area (Å²) < 4.78 is 24.3. The molecule has 0 bridgehead atoms. The number of thioether (sulfide) groups is 1. The van der Waals surface area contributed by atoms with E-state index in [9.17, 15) is 9.18 Å². The zero-order valence-corrected chi connectivity index (χ0v) is 17.3. The molecule has 2 aromatic carbocycles. The van der Waals surface area contributed by atoms with E-state index in [4.69, 9.17) is 9.15 Å². The molecule has 30 heavy (non-hydrogen) atoms. The van der Waals surface area contributed by atoms with Gasteiger partial charge in [0, 0.05) is 22.7 Å². The van der Waals surface area contributed by atoms with E-state index in [1.165, 1.54) is 41.6 Å². The molecule has 0 unspecified atom stereocenters. The van der Waals surface area contributed by atoms with Gasteiger partial charge in [0.2, 0.25) is 0 Å². The Morgan fingerprint density at radius 1 is 1.23 bits per heavy atom. The van der Waals surface area contributed by atoms with Crippen LogP contribution in [0.4, 0.5) is 4.39 Å². The van der Waals surface area contributed by atoms with Crippen LogP contribution in [0.15, 0.2) is 58.3 Å². The number of ketones is 1. The first-order valence-electron chi connectivity index (χ1n) is 9.55. The summed E-state index contributed by atoms with van der Waals surface area (Å²) in [5, 5.41) is 9.19. The Hall–Kier alpha value is -3.13. The molecule has 0 saturated carbocycles. The van der Waals surface area contributed by atoms with Gasteiger partial charge in [-0.1, -0.05) is 36.9 Å². The number of Topliss-reactive ketones (excluding diaryl/α,β-unsaturated/α-hetero) is 1. The van der Waals surface area contributed by atoms with Gasteiger partial charge in [-0.25, -0.2) is 4.39 Å². The number of nitrogens with one attached hydrogen (secondary N) is 1. The first-order valence-corrected chi connectivity index (χ1v) is 10.5. The summed E-state index contributed by atoms with van der Waals surface area (Å²) in [5.41, 5.74) is 2.83. The average molecular weight is 425 g/mol. The first-order chi connectivity index (χ1) is 14.5. The molecule has 0 aliphatic carbocycles. The Balaban J connectivity index is 1.39. The van der Waals surface area contributed by atoms with Crippen molar-refractivity contribution in [2.24, 2.45) is 0 Å². The number of fused-ring (bicyclic) bond motifs is 1. The maximum Gasteiger partial charge on any atom is 0.277 e. The number of hydrogen-bond donors (Lipinski definition) is 1. The highest BCUT2D eigenvalue weighted by atomic mass is 32.2. The van der Waals surface area contributed by atoms with Gasteiger partial charge < -0.3 is 14.1 Å². The number of aromatic nitrogens is 3. The van der Waals surface area contributed by atoms with Crippen molar-refractivity contribution < 1.29 is 18.3 Å². The molecule has 1 atom stereocenters. The Bertz CT molecular complexity index is 1170. The smallest absolute Gasteiger partial charge is 0.277 e. The quantitative estimate of drug-likeness (QED) is 0.302. The molecular weight excluding hydrogens is 405 g/mol. The Morgan fingerprint density at radius 2 is 2.03 bits per heavy atom. The summed E-state index contributed by atoms with van der Waals surface area (Å²) in [6.45, 7) is 3.84. The second-order valence-corrected chi connectivity index (χ2v) is 7.65. The topological polar surface area (TPSA) is 81.0 Å². The molecule has 0 amide bonds. The first kappa shape index (κ1) is 20.2. The summed E-state index contributed by atoms with van der Waals surface area (Å²) in [5.74, 6) is 0.608. The number of aromatic amines is 1. The molecule has 4 rings (SSSR count). The van der Waals surface area contributed by atoms with Crippen LogP contribution in [0.3, 0.4) is 0 Å². The molecule has 0 spiro atoms. The zero-order valence-electron chi connectivity index (χ0n) is 16.5. The Morgan fingerprint density at radius 3 is 2.80 bits per heavy atom. The largest absolute Gasteiger partial charge is 0.481 e. The van der Waals surface area contributed by atoms with Gasteiger partial charge in [0.15, 0.2) is 11.9 Å². The maximum atomic E-state index is 13.0. The van der Waals surface area contributed by atoms with E-state index in [0.29, 0.717) is 16.5 Å². The molecule has 0 saturated heterocycles. The Labute approximate surface area is 176 Å². The molecule has 2 aromatic heterocycles. The highest BCUT2D eigenvalue weighted by Crippen LogP contribution is 2.27. The number of hydrogen-bond acceptors (Lipinski definition) is 6. The van der Waals surface area contributed by atoms with Crippen LogP contribution in [-0.4, -0.2) is 26.7 Å². The van der Waals surface area contributed by atoms with Gasteiger partial charge in [0.25, 0.3) is 11.1 Å². The van der Waals surface area contributed by atoms with Gasteiger partial charge in [-0.2, -0.15) is 0 Å². The van der Waals surface area contributed by atoms with E-state index in [0.717, 1.165) is 17.3 Å². The number of nitrogens with zero attached hydrogens (tertiary/aromatic N) is 2. The molecule has 0 aliphatic heterocycles. The van der Waals surface area contributed by atoms with Crippen LogP contribution in [0.5, 0.6) is 5.75 Å². The van der Waals surface area contributed by atoms with Crippen molar-refractivity contribution in [3.8, 4) is 5.75 Å². The molecule has 0 aliphatic rings. The predicted octanol–water partition coefficient (Wildman–Crippen LogP) is 5.37. The third-order valence-corrected chi connectivity index (χ3v) is 5.52. The van der Waals surface area contributed by atoms with Crippen LogP contribution in [0.2, 0.25) is 0 Å². The number of rotatable bonds is 8. The SMILES string of the molecule is CCc1cccc2c(C(=O)CSc3nnc([C@@H](C)Oc4ccc(F)cc4)o3)c[nH]c12. The fourth-order valence-corrected chi connectivity index (χ4v) is 3.81. The average Bonchev–Trinajstić information content (AvgIpc) is 3.41. The lowest BCUT2D eigenvalue weighted by Crippen LogP contribution is -2.03. The number of carbonyl (C=O) groups excluding carboxylic acids is 1. The number of halogens is 1. The van der Waals surface area contributed by atoms with Gasteiger partial charge >= 0.3 is 0 Å². The number of ether oxygens (including phenoxy) is 1. The van der Waals surface area contributed by atoms with E-state index in [-0.39, 0.29) is 23.2 Å². The lowest BCUT2D eigenvalue weighted by atomic mass is 10.1. The van der Waals surface area contributed by atoms with Gasteiger partial charge in [-0.3, -0.25) is 4.79 Å². The summed E-state index contributed by atoms with van der Waals surface area (Å²) in [6.07, 6.45) is 2.14. The fraction of sp³-hybridized carbons (Fsp3) is 0.227. The molecule has 154 valence electrons. The summed E-state index contributed by atoms with van der Waals surface area (Å²) in [6, 6.07) is 11.7. The van der Waals surface area contributed by atoms with E-state index >= 15 is 0 Å². The van der Waals surface area contributed by atoms with Crippen LogP contribution in [0.1, 0.15) is 41.8 Å². The van der Waals surface area contributed by atoms with Crippen molar-refractivity contribution in [2.75, 3.05) is 5.75 Å². The second-order valence-electron chi connectivity index (χ2n) is 6.73. The summed E-state index contributed by atoms with van der Waals surface area (Å²) >= 11 is 1.18. The minimum absolute atomic E-state index is 0.0186. The number of aryl methyl sites for hydroxylation is 1. The fourth-order valence-electron chi connectivity index (χ4n) is 3.16. The monoisotopic (exact) mass is 425 g/mol. The van der Waals surface area contributed by atoms with Gasteiger partial charge in [0.1, 0.15) is 11.6 Å². The van der Waals surface area contributed by atoms with Crippen LogP contribution >= 0.6 is 11.8 Å². The van der Waals surface area contributed by atoms with Crippen LogP contribution in [0, 0.1) is 5.82 Å². The molecule has 0 fully saturated rings. The van der Waals surface area contributed by atoms with Crippen LogP contribution in [0.25, 0.3) is 10.9 Å². The molecule has 4 aromatic rings. The lowest BCUT2D eigenvalue weighted by molar-refractivity contribution is 0.102. The van der Waals surface area contributed by atoms with Crippen molar-refractivity contribution in [1.29, 1.82) is 0 Å². The van der Waals surface area contributed by atoms with Crippen molar-refractivity contribution in [1.82, 2.24) is 15.2 Å². The minimum Gasteiger partial charge on any atom is -0.481 e. The molecule has 0 radical (unpaired) electrons. The summed E-state index contributed by atoms with van der Waals surface area (Å²) in [7, 11) is 0. The zero-order chi connectivity index (χ0) is 21.1. The molecule has 1 N–H and O–H groups in total. The van der Waals surface area contributed by atoms with Gasteiger partial charge in [-0.15, -0.1) is 10.2 Å². The number of benzene rings is 2. The highest BCUT2D eigenvalue weighted by Gasteiger charge is 2.18. The number of H-pyrrole nitrogens is 1. The molecular formula is C22H20FN3O3S. The maximum absolute atomic E-state index is 13.0. The van der Waals surface area contributed by atoms with Crippen molar-refractivity contribution in [3.63, 3.8) is 0 Å². The Kier molecular flexibility index (Phi) is 5.85. The lowest BCUT2D eigenvalue weighted by Gasteiger charge is -2.10. The van der Waals surface area contributed by atoms with Crippen LogP contribution < -0.4 is 4.74 Å². The molecule has 6 nitrogen and oxygen atoms in total.